The minimum absolute atomic E-state index is 0.154. The average molecular weight is 474 g/mol. The van der Waals surface area contributed by atoms with Gasteiger partial charge in [-0.2, -0.15) is 0 Å². The van der Waals surface area contributed by atoms with Crippen molar-refractivity contribution in [3.05, 3.63) is 64.4 Å². The molecular weight excluding hydrogens is 450 g/mol. The highest BCUT2D eigenvalue weighted by Crippen LogP contribution is 2.36. The zero-order valence-corrected chi connectivity index (χ0v) is 19.2. The lowest BCUT2D eigenvalue weighted by Crippen LogP contribution is -2.48. The van der Waals surface area contributed by atoms with Gasteiger partial charge in [0, 0.05) is 42.1 Å². The predicted molar refractivity (Wildman–Crippen MR) is 125 cm³/mol. The zero-order valence-electron chi connectivity index (χ0n) is 17.7. The number of benzene rings is 1. The zero-order chi connectivity index (χ0) is 22.5. The summed E-state index contributed by atoms with van der Waals surface area (Å²) in [5.41, 5.74) is 1.90. The maximum Gasteiger partial charge on any atom is 0.341 e. The van der Waals surface area contributed by atoms with Crippen molar-refractivity contribution in [1.82, 2.24) is 9.80 Å². The number of nitrogens with one attached hydrogen (secondary N) is 1. The van der Waals surface area contributed by atoms with Crippen molar-refractivity contribution in [3.63, 3.8) is 0 Å². The van der Waals surface area contributed by atoms with Gasteiger partial charge in [0.2, 0.25) is 5.91 Å². The molecule has 0 aliphatic carbocycles. The minimum Gasteiger partial charge on any atom is -0.468 e. The number of nitrogens with zero attached hydrogens (tertiary/aromatic N) is 2. The molecule has 0 bridgehead atoms. The van der Waals surface area contributed by atoms with Gasteiger partial charge in [-0.3, -0.25) is 14.6 Å². The quantitative estimate of drug-likeness (QED) is 0.518. The number of ether oxygens (including phenoxy) is 1. The lowest BCUT2D eigenvalue weighted by Gasteiger charge is -2.33. The number of anilines is 1. The van der Waals surface area contributed by atoms with Gasteiger partial charge in [0.25, 0.3) is 0 Å². The van der Waals surface area contributed by atoms with Gasteiger partial charge in [0.1, 0.15) is 16.3 Å². The third-order valence-corrected chi connectivity index (χ3v) is 6.53. The first-order chi connectivity index (χ1) is 15.5. The van der Waals surface area contributed by atoms with Crippen LogP contribution < -0.4 is 5.32 Å². The van der Waals surface area contributed by atoms with Gasteiger partial charge < -0.3 is 14.5 Å². The largest absolute Gasteiger partial charge is 0.468 e. The predicted octanol–water partition coefficient (Wildman–Crippen LogP) is 4.20. The van der Waals surface area contributed by atoms with E-state index in [0.717, 1.165) is 44.0 Å². The first-order valence-electron chi connectivity index (χ1n) is 10.3. The summed E-state index contributed by atoms with van der Waals surface area (Å²) in [5.74, 6) is 0.304. The molecule has 0 atom stereocenters. The first-order valence-corrected chi connectivity index (χ1v) is 11.5. The molecule has 2 aromatic heterocycles. The smallest absolute Gasteiger partial charge is 0.341 e. The monoisotopic (exact) mass is 473 g/mol. The Labute approximate surface area is 195 Å². The third-order valence-electron chi connectivity index (χ3n) is 5.38. The van der Waals surface area contributed by atoms with Crippen molar-refractivity contribution in [1.29, 1.82) is 0 Å². The van der Waals surface area contributed by atoms with Gasteiger partial charge in [-0.15, -0.1) is 11.3 Å². The van der Waals surface area contributed by atoms with E-state index in [2.05, 4.69) is 15.1 Å². The SMILES string of the molecule is COC(=O)c1c(-c2ccc(Cl)cc2)csc1NC(=O)CN1CCN(Cc2ccco2)CC1. The van der Waals surface area contributed by atoms with Crippen LogP contribution in [0.25, 0.3) is 11.1 Å². The molecule has 1 aromatic carbocycles. The maximum absolute atomic E-state index is 12.7. The highest BCUT2D eigenvalue weighted by molar-refractivity contribution is 7.15. The van der Waals surface area contributed by atoms with E-state index in [1.54, 1.807) is 18.4 Å². The molecule has 1 aliphatic heterocycles. The number of esters is 1. The van der Waals surface area contributed by atoms with Crippen LogP contribution in [0, 0.1) is 0 Å². The number of piperazine rings is 1. The second-order valence-electron chi connectivity index (χ2n) is 7.53. The standard InChI is InChI=1S/C23H24ClN3O4S/c1-30-23(29)21-19(16-4-6-17(24)7-5-16)15-32-22(21)25-20(28)14-27-10-8-26(9-11-27)13-18-3-2-12-31-18/h2-7,12,15H,8-11,13-14H2,1H3,(H,25,28). The number of hydrogen-bond donors (Lipinski definition) is 1. The van der Waals surface area contributed by atoms with E-state index in [4.69, 9.17) is 20.8 Å². The molecule has 1 aliphatic rings. The van der Waals surface area contributed by atoms with Gasteiger partial charge in [-0.1, -0.05) is 23.7 Å². The van der Waals surface area contributed by atoms with E-state index in [1.165, 1.54) is 18.4 Å². The van der Waals surface area contributed by atoms with E-state index < -0.39 is 5.97 Å². The Balaban J connectivity index is 1.38. The normalized spacial score (nSPS) is 14.9. The molecule has 0 radical (unpaired) electrons. The number of hydrogen-bond acceptors (Lipinski definition) is 7. The molecule has 168 valence electrons. The van der Waals surface area contributed by atoms with Gasteiger partial charge in [0.05, 0.1) is 26.5 Å². The Morgan fingerprint density at radius 1 is 1.12 bits per heavy atom. The summed E-state index contributed by atoms with van der Waals surface area (Å²) < 4.78 is 10.4. The Bertz CT molecular complexity index is 1060. The van der Waals surface area contributed by atoms with Gasteiger partial charge in [-0.25, -0.2) is 4.79 Å². The van der Waals surface area contributed by atoms with Crippen LogP contribution >= 0.6 is 22.9 Å². The number of methoxy groups -OCH3 is 1. The highest BCUT2D eigenvalue weighted by atomic mass is 35.5. The average Bonchev–Trinajstić information content (AvgIpc) is 3.45. The topological polar surface area (TPSA) is 75.0 Å². The number of thiophene rings is 1. The summed E-state index contributed by atoms with van der Waals surface area (Å²) in [6.07, 6.45) is 1.68. The Morgan fingerprint density at radius 2 is 1.84 bits per heavy atom. The molecule has 1 saturated heterocycles. The summed E-state index contributed by atoms with van der Waals surface area (Å²) >= 11 is 7.29. The fourth-order valence-electron chi connectivity index (χ4n) is 3.69. The molecule has 9 heteroatoms. The minimum atomic E-state index is -0.488. The third kappa shape index (κ3) is 5.39. The number of furan rings is 1. The fourth-order valence-corrected chi connectivity index (χ4v) is 4.79. The summed E-state index contributed by atoms with van der Waals surface area (Å²) in [7, 11) is 1.33. The molecule has 0 unspecified atom stereocenters. The van der Waals surface area contributed by atoms with Crippen LogP contribution in [-0.2, 0) is 16.1 Å². The van der Waals surface area contributed by atoms with E-state index in [0.29, 0.717) is 21.2 Å². The van der Waals surface area contributed by atoms with Crippen LogP contribution in [0.1, 0.15) is 16.1 Å². The van der Waals surface area contributed by atoms with E-state index in [-0.39, 0.29) is 12.5 Å². The second-order valence-corrected chi connectivity index (χ2v) is 8.85. The van der Waals surface area contributed by atoms with E-state index >= 15 is 0 Å². The highest BCUT2D eigenvalue weighted by Gasteiger charge is 2.24. The van der Waals surface area contributed by atoms with Crippen LogP contribution in [0.2, 0.25) is 5.02 Å². The van der Waals surface area contributed by atoms with Gasteiger partial charge in [-0.05, 0) is 29.8 Å². The van der Waals surface area contributed by atoms with Gasteiger partial charge in [0.15, 0.2) is 0 Å². The summed E-state index contributed by atoms with van der Waals surface area (Å²) in [4.78, 5) is 29.6. The molecule has 0 spiro atoms. The molecular formula is C23H24ClN3O4S. The lowest BCUT2D eigenvalue weighted by molar-refractivity contribution is -0.117. The molecule has 1 N–H and O–H groups in total. The molecule has 0 saturated carbocycles. The van der Waals surface area contributed by atoms with Crippen molar-refractivity contribution in [2.24, 2.45) is 0 Å². The van der Waals surface area contributed by atoms with Crippen molar-refractivity contribution >= 4 is 39.8 Å². The summed E-state index contributed by atoms with van der Waals surface area (Å²) in [6, 6.07) is 11.1. The fraction of sp³-hybridized carbons (Fsp3) is 0.304. The molecule has 1 fully saturated rings. The Kier molecular flexibility index (Phi) is 7.26. The molecule has 7 nitrogen and oxygen atoms in total. The first kappa shape index (κ1) is 22.5. The van der Waals surface area contributed by atoms with Crippen molar-refractivity contribution in [3.8, 4) is 11.1 Å². The number of carbonyl (C=O) groups is 2. The van der Waals surface area contributed by atoms with Crippen LogP contribution in [0.15, 0.2) is 52.5 Å². The molecule has 3 aromatic rings. The number of halogens is 1. The van der Waals surface area contributed by atoms with E-state index in [9.17, 15) is 9.59 Å². The Hall–Kier alpha value is -2.65. The lowest BCUT2D eigenvalue weighted by atomic mass is 10.0. The van der Waals surface area contributed by atoms with Crippen molar-refractivity contribution < 1.29 is 18.7 Å². The summed E-state index contributed by atoms with van der Waals surface area (Å²) in [5, 5.41) is 5.85. The summed E-state index contributed by atoms with van der Waals surface area (Å²) in [6.45, 7) is 4.35. The molecule has 32 heavy (non-hydrogen) atoms. The van der Waals surface area contributed by atoms with Crippen LogP contribution in [0.5, 0.6) is 0 Å². The van der Waals surface area contributed by atoms with Crippen LogP contribution in [0.4, 0.5) is 5.00 Å². The van der Waals surface area contributed by atoms with E-state index in [1.807, 2.05) is 29.6 Å². The van der Waals surface area contributed by atoms with Gasteiger partial charge >= 0.3 is 5.97 Å². The van der Waals surface area contributed by atoms with Crippen LogP contribution in [0.3, 0.4) is 0 Å². The molecule has 4 rings (SSSR count). The Morgan fingerprint density at radius 3 is 2.50 bits per heavy atom. The molecule has 1 amide bonds. The number of amides is 1. The molecule has 3 heterocycles. The van der Waals surface area contributed by atoms with Crippen molar-refractivity contribution in [2.75, 3.05) is 45.2 Å². The number of carbonyl (C=O) groups excluding carboxylic acids is 2. The maximum atomic E-state index is 12.7. The number of rotatable bonds is 7. The van der Waals surface area contributed by atoms with Crippen molar-refractivity contribution in [2.45, 2.75) is 6.54 Å². The second kappa shape index (κ2) is 10.3. The van der Waals surface area contributed by atoms with Crippen LogP contribution in [-0.4, -0.2) is 61.5 Å².